The molecular weight excluding hydrogens is 234 g/mol. The zero-order valence-corrected chi connectivity index (χ0v) is 11.4. The van der Waals surface area contributed by atoms with Crippen LogP contribution in [0.2, 0.25) is 0 Å². The Kier molecular flexibility index (Phi) is 2.99. The Morgan fingerprint density at radius 2 is 2.05 bits per heavy atom. The summed E-state index contributed by atoms with van der Waals surface area (Å²) in [5.41, 5.74) is 9.61. The van der Waals surface area contributed by atoms with Crippen LogP contribution in [-0.4, -0.2) is 11.0 Å². The lowest BCUT2D eigenvalue weighted by Crippen LogP contribution is -2.24. The van der Waals surface area contributed by atoms with Gasteiger partial charge in [-0.1, -0.05) is 24.3 Å². The van der Waals surface area contributed by atoms with Gasteiger partial charge in [-0.15, -0.1) is 0 Å². The molecule has 0 saturated heterocycles. The Morgan fingerprint density at radius 3 is 2.74 bits per heavy atom. The summed E-state index contributed by atoms with van der Waals surface area (Å²) in [6.07, 6.45) is 2.96. The third-order valence-electron chi connectivity index (χ3n) is 3.75. The standard InChI is InChI=1S/C16H19N3/c1-11-9-13-5-3-4-6-15(13)19(11)16-8-7-14(10-18-16)12(2)17/h3-8,10-12H,9,17H2,1-2H3/t11?,12-/m0/s1. The average molecular weight is 253 g/mol. The zero-order valence-electron chi connectivity index (χ0n) is 11.4. The average Bonchev–Trinajstić information content (AvgIpc) is 2.74. The molecule has 3 nitrogen and oxygen atoms in total. The summed E-state index contributed by atoms with van der Waals surface area (Å²) in [6.45, 7) is 4.21. The number of benzene rings is 1. The van der Waals surface area contributed by atoms with Crippen LogP contribution in [0.25, 0.3) is 0 Å². The largest absolute Gasteiger partial charge is 0.324 e. The second-order valence-electron chi connectivity index (χ2n) is 5.29. The number of hydrogen-bond acceptors (Lipinski definition) is 3. The quantitative estimate of drug-likeness (QED) is 0.893. The summed E-state index contributed by atoms with van der Waals surface area (Å²) in [7, 11) is 0. The predicted molar refractivity (Wildman–Crippen MR) is 78.6 cm³/mol. The highest BCUT2D eigenvalue weighted by molar-refractivity contribution is 5.68. The number of fused-ring (bicyclic) bond motifs is 1. The normalized spacial score (nSPS) is 19.3. The summed E-state index contributed by atoms with van der Waals surface area (Å²) in [6, 6.07) is 13.2. The van der Waals surface area contributed by atoms with Gasteiger partial charge in [0.05, 0.1) is 0 Å². The predicted octanol–water partition coefficient (Wildman–Crippen LogP) is 3.18. The molecule has 1 aromatic carbocycles. The minimum atomic E-state index is 0.0323. The highest BCUT2D eigenvalue weighted by atomic mass is 15.2. The molecule has 0 spiro atoms. The first-order valence-electron chi connectivity index (χ1n) is 6.75. The van der Waals surface area contributed by atoms with Crippen molar-refractivity contribution in [2.24, 2.45) is 5.73 Å². The molecule has 0 radical (unpaired) electrons. The topological polar surface area (TPSA) is 42.1 Å². The number of nitrogens with two attached hydrogens (primary N) is 1. The van der Waals surface area contributed by atoms with Gasteiger partial charge < -0.3 is 10.6 Å². The van der Waals surface area contributed by atoms with Crippen molar-refractivity contribution in [2.45, 2.75) is 32.4 Å². The van der Waals surface area contributed by atoms with Crippen LogP contribution in [0.15, 0.2) is 42.6 Å². The number of rotatable bonds is 2. The Labute approximate surface area is 114 Å². The highest BCUT2D eigenvalue weighted by Crippen LogP contribution is 2.37. The minimum absolute atomic E-state index is 0.0323. The highest BCUT2D eigenvalue weighted by Gasteiger charge is 2.27. The Hall–Kier alpha value is -1.87. The molecule has 19 heavy (non-hydrogen) atoms. The van der Waals surface area contributed by atoms with Crippen LogP contribution in [-0.2, 0) is 6.42 Å². The van der Waals surface area contributed by atoms with Crippen molar-refractivity contribution in [2.75, 3.05) is 4.90 Å². The van der Waals surface area contributed by atoms with Gasteiger partial charge in [0.2, 0.25) is 0 Å². The third-order valence-corrected chi connectivity index (χ3v) is 3.75. The molecule has 2 N–H and O–H groups in total. The van der Waals surface area contributed by atoms with Crippen LogP contribution < -0.4 is 10.6 Å². The number of aromatic nitrogens is 1. The molecule has 0 bridgehead atoms. The minimum Gasteiger partial charge on any atom is -0.324 e. The molecule has 98 valence electrons. The fourth-order valence-electron chi connectivity index (χ4n) is 2.72. The lowest BCUT2D eigenvalue weighted by atomic mass is 10.1. The summed E-state index contributed by atoms with van der Waals surface area (Å²) in [5.74, 6) is 1.00. The first-order valence-corrected chi connectivity index (χ1v) is 6.75. The van der Waals surface area contributed by atoms with E-state index in [1.165, 1.54) is 11.3 Å². The van der Waals surface area contributed by atoms with Crippen molar-refractivity contribution < 1.29 is 0 Å². The van der Waals surface area contributed by atoms with E-state index < -0.39 is 0 Å². The van der Waals surface area contributed by atoms with Gasteiger partial charge in [-0.3, -0.25) is 0 Å². The molecule has 1 aromatic heterocycles. The maximum absolute atomic E-state index is 5.87. The monoisotopic (exact) mass is 253 g/mol. The van der Waals surface area contributed by atoms with E-state index in [0.717, 1.165) is 17.8 Å². The van der Waals surface area contributed by atoms with E-state index in [1.807, 2.05) is 13.1 Å². The molecule has 1 aliphatic rings. The third kappa shape index (κ3) is 2.10. The smallest absolute Gasteiger partial charge is 0.133 e. The maximum Gasteiger partial charge on any atom is 0.133 e. The van der Waals surface area contributed by atoms with Gasteiger partial charge in [0.1, 0.15) is 5.82 Å². The Morgan fingerprint density at radius 1 is 1.26 bits per heavy atom. The van der Waals surface area contributed by atoms with Crippen LogP contribution in [0, 0.1) is 0 Å². The summed E-state index contributed by atoms with van der Waals surface area (Å²) in [4.78, 5) is 6.88. The van der Waals surface area contributed by atoms with Gasteiger partial charge in [0, 0.05) is 24.0 Å². The van der Waals surface area contributed by atoms with Gasteiger partial charge >= 0.3 is 0 Å². The Bertz CT molecular complexity index is 575. The molecule has 2 heterocycles. The fourth-order valence-corrected chi connectivity index (χ4v) is 2.72. The summed E-state index contributed by atoms with van der Waals surface area (Å²) >= 11 is 0. The second kappa shape index (κ2) is 4.67. The van der Waals surface area contributed by atoms with Crippen LogP contribution >= 0.6 is 0 Å². The van der Waals surface area contributed by atoms with Gasteiger partial charge in [0.15, 0.2) is 0 Å². The SMILES string of the molecule is CC1Cc2ccccc2N1c1ccc([C@H](C)N)cn1. The van der Waals surface area contributed by atoms with E-state index in [1.54, 1.807) is 0 Å². The van der Waals surface area contributed by atoms with Crippen LogP contribution in [0.1, 0.15) is 31.0 Å². The molecule has 3 rings (SSSR count). The van der Waals surface area contributed by atoms with Crippen LogP contribution in [0.5, 0.6) is 0 Å². The molecule has 0 fully saturated rings. The van der Waals surface area contributed by atoms with E-state index in [0.29, 0.717) is 6.04 Å². The number of pyridine rings is 1. The molecule has 0 amide bonds. The van der Waals surface area contributed by atoms with E-state index in [9.17, 15) is 0 Å². The first kappa shape index (κ1) is 12.2. The van der Waals surface area contributed by atoms with Crippen LogP contribution in [0.3, 0.4) is 0 Å². The molecule has 3 heteroatoms. The van der Waals surface area contributed by atoms with Gasteiger partial charge in [-0.25, -0.2) is 4.98 Å². The van der Waals surface area contributed by atoms with Gasteiger partial charge in [-0.05, 0) is 43.5 Å². The van der Waals surface area contributed by atoms with E-state index in [4.69, 9.17) is 5.73 Å². The number of nitrogens with zero attached hydrogens (tertiary/aromatic N) is 2. The summed E-state index contributed by atoms with van der Waals surface area (Å²) in [5, 5.41) is 0. The lowest BCUT2D eigenvalue weighted by Gasteiger charge is -2.24. The van der Waals surface area contributed by atoms with Crippen LogP contribution in [0.4, 0.5) is 11.5 Å². The second-order valence-corrected chi connectivity index (χ2v) is 5.29. The molecule has 0 aliphatic carbocycles. The van der Waals surface area contributed by atoms with Crippen molar-refractivity contribution in [3.8, 4) is 0 Å². The number of hydrogen-bond donors (Lipinski definition) is 1. The molecule has 2 atom stereocenters. The lowest BCUT2D eigenvalue weighted by molar-refractivity contribution is 0.747. The van der Waals surface area contributed by atoms with Crippen molar-refractivity contribution in [3.05, 3.63) is 53.7 Å². The van der Waals surface area contributed by atoms with E-state index in [-0.39, 0.29) is 6.04 Å². The van der Waals surface area contributed by atoms with Gasteiger partial charge in [-0.2, -0.15) is 0 Å². The molecule has 1 unspecified atom stereocenters. The van der Waals surface area contributed by atoms with E-state index in [2.05, 4.69) is 53.2 Å². The number of para-hydroxylation sites is 1. The van der Waals surface area contributed by atoms with E-state index >= 15 is 0 Å². The number of anilines is 2. The van der Waals surface area contributed by atoms with Crippen molar-refractivity contribution in [3.63, 3.8) is 0 Å². The fraction of sp³-hybridized carbons (Fsp3) is 0.312. The zero-order chi connectivity index (χ0) is 13.4. The summed E-state index contributed by atoms with van der Waals surface area (Å²) < 4.78 is 0. The molecular formula is C16H19N3. The maximum atomic E-state index is 5.87. The molecule has 0 saturated carbocycles. The first-order chi connectivity index (χ1) is 9.16. The molecule has 1 aliphatic heterocycles. The van der Waals surface area contributed by atoms with Crippen molar-refractivity contribution >= 4 is 11.5 Å². The Balaban J connectivity index is 1.98. The van der Waals surface area contributed by atoms with Gasteiger partial charge in [0.25, 0.3) is 0 Å². The van der Waals surface area contributed by atoms with Crippen molar-refractivity contribution in [1.82, 2.24) is 4.98 Å². The molecule has 2 aromatic rings. The van der Waals surface area contributed by atoms with Crippen molar-refractivity contribution in [1.29, 1.82) is 0 Å².